The minimum atomic E-state index is -0.0123. The van der Waals surface area contributed by atoms with Gasteiger partial charge in [0.15, 0.2) is 0 Å². The Kier molecular flexibility index (Phi) is 5.20. The first-order chi connectivity index (χ1) is 13.2. The third kappa shape index (κ3) is 4.03. The molecule has 0 bridgehead atoms. The van der Waals surface area contributed by atoms with E-state index in [9.17, 15) is 4.79 Å². The number of hydrogen-bond donors (Lipinski definition) is 1. The van der Waals surface area contributed by atoms with Gasteiger partial charge in [-0.2, -0.15) is 0 Å². The van der Waals surface area contributed by atoms with Gasteiger partial charge in [0.2, 0.25) is 16.2 Å². The number of benzene rings is 1. The van der Waals surface area contributed by atoms with E-state index in [1.807, 2.05) is 41.2 Å². The Hall–Kier alpha value is -2.67. The van der Waals surface area contributed by atoms with Gasteiger partial charge in [-0.15, -0.1) is 10.2 Å². The highest BCUT2D eigenvalue weighted by atomic mass is 32.1. The van der Waals surface area contributed by atoms with Crippen molar-refractivity contribution in [1.82, 2.24) is 20.1 Å². The minimum absolute atomic E-state index is 0.0123. The fraction of sp³-hybridized carbons (Fsp3) is 0.350. The van der Waals surface area contributed by atoms with Crippen molar-refractivity contribution in [3.05, 3.63) is 59.9 Å². The molecule has 7 heteroatoms. The Morgan fingerprint density at radius 2 is 1.96 bits per heavy atom. The van der Waals surface area contributed by atoms with Crippen molar-refractivity contribution in [2.24, 2.45) is 5.92 Å². The molecule has 6 nitrogen and oxygen atoms in total. The van der Waals surface area contributed by atoms with Crippen molar-refractivity contribution in [2.45, 2.75) is 26.3 Å². The van der Waals surface area contributed by atoms with Crippen LogP contribution in [0.15, 0.2) is 48.8 Å². The highest BCUT2D eigenvalue weighted by molar-refractivity contribution is 7.17. The Labute approximate surface area is 162 Å². The number of hydrogen-bond acceptors (Lipinski definition) is 5. The van der Waals surface area contributed by atoms with Crippen LogP contribution in [0.25, 0.3) is 5.13 Å². The van der Waals surface area contributed by atoms with Crippen LogP contribution < -0.4 is 10.2 Å². The minimum Gasteiger partial charge on any atom is -0.352 e. The van der Waals surface area contributed by atoms with Crippen LogP contribution in [-0.4, -0.2) is 33.8 Å². The third-order valence-corrected chi connectivity index (χ3v) is 6.00. The molecule has 2 aromatic heterocycles. The summed E-state index contributed by atoms with van der Waals surface area (Å²) in [6, 6.07) is 12.1. The van der Waals surface area contributed by atoms with Gasteiger partial charge in [-0.05, 0) is 43.0 Å². The summed E-state index contributed by atoms with van der Waals surface area (Å²) in [5, 5.41) is 13.5. The maximum Gasteiger partial charge on any atom is 0.225 e. The number of rotatable bonds is 5. The molecule has 1 aromatic carbocycles. The number of anilines is 1. The Morgan fingerprint density at radius 3 is 2.78 bits per heavy atom. The van der Waals surface area contributed by atoms with Gasteiger partial charge < -0.3 is 10.2 Å². The number of aryl methyl sites for hydroxylation is 1. The van der Waals surface area contributed by atoms with Crippen molar-refractivity contribution < 1.29 is 4.79 Å². The molecule has 1 amide bonds. The molecule has 1 N–H and O–H groups in total. The molecule has 1 saturated heterocycles. The van der Waals surface area contributed by atoms with Crippen LogP contribution in [0, 0.1) is 12.8 Å². The monoisotopic (exact) mass is 381 g/mol. The number of nitrogens with one attached hydrogen (secondary N) is 1. The topological polar surface area (TPSA) is 63.1 Å². The molecule has 0 radical (unpaired) electrons. The summed E-state index contributed by atoms with van der Waals surface area (Å²) >= 11 is 1.56. The molecule has 3 aromatic rings. The van der Waals surface area contributed by atoms with Gasteiger partial charge in [0.25, 0.3) is 0 Å². The number of amides is 1. The van der Waals surface area contributed by atoms with E-state index in [1.165, 1.54) is 11.1 Å². The van der Waals surface area contributed by atoms with Gasteiger partial charge in [-0.25, -0.2) is 0 Å². The highest BCUT2D eigenvalue weighted by Crippen LogP contribution is 2.28. The molecule has 4 rings (SSSR count). The molecule has 0 spiro atoms. The summed E-state index contributed by atoms with van der Waals surface area (Å²) in [4.78, 5) is 14.9. The summed E-state index contributed by atoms with van der Waals surface area (Å²) in [5.74, 6) is 0.111. The number of nitrogens with zero attached hydrogens (tertiary/aromatic N) is 4. The maximum atomic E-state index is 12.7. The van der Waals surface area contributed by atoms with E-state index >= 15 is 0 Å². The average molecular weight is 382 g/mol. The number of aromatic nitrogens is 3. The lowest BCUT2D eigenvalue weighted by Gasteiger charge is -2.31. The standard InChI is InChI=1S/C20H23N5OS/c1-15-7-2-3-8-16(15)13-21-18(26)17-9-6-12-25(14-17)20-23-22-19(27-20)24-10-4-5-11-24/h2-5,7-8,10-11,17H,6,9,12-14H2,1H3,(H,21,26)/t17-/m0/s1. The first-order valence-corrected chi connectivity index (χ1v) is 10.1. The van der Waals surface area contributed by atoms with E-state index in [-0.39, 0.29) is 11.8 Å². The van der Waals surface area contributed by atoms with E-state index in [2.05, 4.69) is 39.5 Å². The largest absolute Gasteiger partial charge is 0.352 e. The zero-order valence-corrected chi connectivity index (χ0v) is 16.2. The second kappa shape index (κ2) is 7.92. The normalized spacial score (nSPS) is 17.1. The van der Waals surface area contributed by atoms with E-state index in [4.69, 9.17) is 0 Å². The lowest BCUT2D eigenvalue weighted by atomic mass is 9.97. The van der Waals surface area contributed by atoms with Crippen LogP contribution in [-0.2, 0) is 11.3 Å². The van der Waals surface area contributed by atoms with Crippen molar-refractivity contribution >= 4 is 22.4 Å². The van der Waals surface area contributed by atoms with Gasteiger partial charge in [0, 0.05) is 32.0 Å². The zero-order valence-electron chi connectivity index (χ0n) is 15.3. The first-order valence-electron chi connectivity index (χ1n) is 9.25. The SMILES string of the molecule is Cc1ccccc1CNC(=O)[C@H]1CCCN(c2nnc(-n3cccc3)s2)C1. The number of carbonyl (C=O) groups is 1. The van der Waals surface area contributed by atoms with Gasteiger partial charge in [-0.1, -0.05) is 35.6 Å². The molecule has 0 aliphatic carbocycles. The van der Waals surface area contributed by atoms with Gasteiger partial charge >= 0.3 is 0 Å². The fourth-order valence-electron chi connectivity index (χ4n) is 3.40. The van der Waals surface area contributed by atoms with E-state index < -0.39 is 0 Å². The summed E-state index contributed by atoms with van der Waals surface area (Å²) in [6.07, 6.45) is 5.82. The molecule has 1 fully saturated rings. The quantitative estimate of drug-likeness (QED) is 0.737. The third-order valence-electron chi connectivity index (χ3n) is 5.01. The van der Waals surface area contributed by atoms with Crippen LogP contribution in [0.2, 0.25) is 0 Å². The Bertz CT molecular complexity index is 905. The number of carbonyl (C=O) groups excluding carboxylic acids is 1. The van der Waals surface area contributed by atoms with Crippen molar-refractivity contribution in [3.8, 4) is 5.13 Å². The predicted molar refractivity (Wildman–Crippen MR) is 107 cm³/mol. The van der Waals surface area contributed by atoms with E-state index in [0.717, 1.165) is 29.6 Å². The molecule has 3 heterocycles. The van der Waals surface area contributed by atoms with Crippen molar-refractivity contribution in [1.29, 1.82) is 0 Å². The summed E-state index contributed by atoms with van der Waals surface area (Å²) in [7, 11) is 0. The lowest BCUT2D eigenvalue weighted by molar-refractivity contribution is -0.125. The molecule has 1 aliphatic rings. The molecular formula is C20H23N5OS. The predicted octanol–water partition coefficient (Wildman–Crippen LogP) is 3.17. The van der Waals surface area contributed by atoms with Gasteiger partial charge in [0.05, 0.1) is 5.92 Å². The van der Waals surface area contributed by atoms with Crippen LogP contribution >= 0.6 is 11.3 Å². The Morgan fingerprint density at radius 1 is 1.19 bits per heavy atom. The van der Waals surface area contributed by atoms with Crippen molar-refractivity contribution in [3.63, 3.8) is 0 Å². The summed E-state index contributed by atoms with van der Waals surface area (Å²) in [6.45, 7) is 4.27. The second-order valence-corrected chi connectivity index (χ2v) is 7.82. The molecule has 0 unspecified atom stereocenters. The van der Waals surface area contributed by atoms with Crippen molar-refractivity contribution in [2.75, 3.05) is 18.0 Å². The van der Waals surface area contributed by atoms with Gasteiger partial charge in [0.1, 0.15) is 0 Å². The highest BCUT2D eigenvalue weighted by Gasteiger charge is 2.27. The molecule has 1 aliphatic heterocycles. The van der Waals surface area contributed by atoms with E-state index in [0.29, 0.717) is 13.1 Å². The smallest absolute Gasteiger partial charge is 0.225 e. The van der Waals surface area contributed by atoms with E-state index in [1.54, 1.807) is 11.3 Å². The lowest BCUT2D eigenvalue weighted by Crippen LogP contribution is -2.43. The fourth-order valence-corrected chi connectivity index (χ4v) is 4.25. The van der Waals surface area contributed by atoms with Crippen LogP contribution in [0.3, 0.4) is 0 Å². The summed E-state index contributed by atoms with van der Waals surface area (Å²) < 4.78 is 1.96. The average Bonchev–Trinajstić information content (AvgIpc) is 3.39. The molecule has 0 saturated carbocycles. The summed E-state index contributed by atoms with van der Waals surface area (Å²) in [5.41, 5.74) is 2.37. The molecule has 1 atom stereocenters. The zero-order chi connectivity index (χ0) is 18.6. The first kappa shape index (κ1) is 17.7. The second-order valence-electron chi connectivity index (χ2n) is 6.89. The Balaban J connectivity index is 1.38. The molecule has 27 heavy (non-hydrogen) atoms. The maximum absolute atomic E-state index is 12.7. The molecular weight excluding hydrogens is 358 g/mol. The van der Waals surface area contributed by atoms with Crippen LogP contribution in [0.5, 0.6) is 0 Å². The molecule has 140 valence electrons. The van der Waals surface area contributed by atoms with Crippen LogP contribution in [0.1, 0.15) is 24.0 Å². The van der Waals surface area contributed by atoms with Gasteiger partial charge in [-0.3, -0.25) is 9.36 Å². The number of piperidine rings is 1. The van der Waals surface area contributed by atoms with Crippen LogP contribution in [0.4, 0.5) is 5.13 Å².